The first-order valence-electron chi connectivity index (χ1n) is 4.80. The minimum absolute atomic E-state index is 0.0704. The predicted octanol–water partition coefficient (Wildman–Crippen LogP) is 0.284. The first-order valence-corrected chi connectivity index (χ1v) is 4.80. The lowest BCUT2D eigenvalue weighted by Crippen LogP contribution is -2.11. The normalized spacial score (nSPS) is 9.26. The van der Waals surface area contributed by atoms with Crippen LogP contribution in [0.1, 0.15) is 51.8 Å². The van der Waals surface area contributed by atoms with Gasteiger partial charge in [0.25, 0.3) is 6.47 Å². The number of rotatable bonds is 7. The Kier molecular flexibility index (Phi) is 4.53. The van der Waals surface area contributed by atoms with Gasteiger partial charge in [-0.2, -0.15) is 0 Å². The summed E-state index contributed by atoms with van der Waals surface area (Å²) in [5, 5.41) is 0. The van der Waals surface area contributed by atoms with Gasteiger partial charge < -0.3 is 4.74 Å². The molecule has 0 bridgehead atoms. The van der Waals surface area contributed by atoms with E-state index in [0.29, 0.717) is 0 Å². The molecule has 0 spiro atoms. The van der Waals surface area contributed by atoms with Crippen LogP contribution in [0.4, 0.5) is 0 Å². The van der Waals surface area contributed by atoms with Gasteiger partial charge in [0.05, 0.1) is 11.1 Å². The first-order chi connectivity index (χ1) is 9.19. The van der Waals surface area contributed by atoms with Crippen LogP contribution in [0.5, 0.6) is 5.75 Å². The molecule has 0 amide bonds. The van der Waals surface area contributed by atoms with Gasteiger partial charge in [0.1, 0.15) is 0 Å². The zero-order valence-corrected chi connectivity index (χ0v) is 9.32. The zero-order valence-electron chi connectivity index (χ0n) is 9.32. The average molecular weight is 262 g/mol. The van der Waals surface area contributed by atoms with Crippen molar-refractivity contribution in [2.24, 2.45) is 0 Å². The summed E-state index contributed by atoms with van der Waals surface area (Å²) >= 11 is 0. The summed E-state index contributed by atoms with van der Waals surface area (Å²) in [7, 11) is 0. The van der Waals surface area contributed by atoms with E-state index < -0.39 is 33.6 Å². The van der Waals surface area contributed by atoms with E-state index in [1.54, 1.807) is 0 Å². The second-order valence-electron chi connectivity index (χ2n) is 3.20. The van der Waals surface area contributed by atoms with Crippen LogP contribution in [0.2, 0.25) is 0 Å². The van der Waals surface area contributed by atoms with Crippen molar-refractivity contribution in [3.05, 3.63) is 27.8 Å². The largest absolute Gasteiger partial charge is 0.427 e. The lowest BCUT2D eigenvalue weighted by Gasteiger charge is -2.12. The summed E-state index contributed by atoms with van der Waals surface area (Å²) in [4.78, 5) is 65.0. The molecule has 7 heteroatoms. The highest BCUT2D eigenvalue weighted by Gasteiger charge is 2.24. The highest BCUT2D eigenvalue weighted by Crippen LogP contribution is 2.30. The Morgan fingerprint density at radius 1 is 0.526 bits per heavy atom. The topological polar surface area (TPSA) is 112 Å². The molecule has 0 saturated carbocycles. The number of aldehydes is 5. The van der Waals surface area contributed by atoms with Crippen LogP contribution in [0.15, 0.2) is 0 Å². The Balaban J connectivity index is 4.00. The molecule has 1 aromatic rings. The van der Waals surface area contributed by atoms with E-state index in [1.807, 2.05) is 0 Å². The molecular formula is C12H6O7. The lowest BCUT2D eigenvalue weighted by atomic mass is 9.93. The van der Waals surface area contributed by atoms with Crippen LogP contribution in [0.3, 0.4) is 0 Å². The fourth-order valence-electron chi connectivity index (χ4n) is 1.61. The van der Waals surface area contributed by atoms with Crippen molar-refractivity contribution < 1.29 is 33.5 Å². The van der Waals surface area contributed by atoms with E-state index in [-0.39, 0.29) is 37.9 Å². The third-order valence-corrected chi connectivity index (χ3v) is 2.41. The number of carbonyl (C=O) groups is 6. The number of carbonyl (C=O) groups excluding carboxylic acids is 6. The van der Waals surface area contributed by atoms with E-state index in [2.05, 4.69) is 4.74 Å². The zero-order chi connectivity index (χ0) is 14.4. The monoisotopic (exact) mass is 262 g/mol. The van der Waals surface area contributed by atoms with E-state index >= 15 is 0 Å². The van der Waals surface area contributed by atoms with Crippen molar-refractivity contribution in [1.29, 1.82) is 0 Å². The van der Waals surface area contributed by atoms with Crippen molar-refractivity contribution in [3.63, 3.8) is 0 Å². The number of ether oxygens (including phenoxy) is 1. The highest BCUT2D eigenvalue weighted by molar-refractivity contribution is 6.10. The Morgan fingerprint density at radius 2 is 0.842 bits per heavy atom. The molecule has 19 heavy (non-hydrogen) atoms. The van der Waals surface area contributed by atoms with E-state index in [4.69, 9.17) is 0 Å². The fourth-order valence-corrected chi connectivity index (χ4v) is 1.61. The van der Waals surface area contributed by atoms with Crippen molar-refractivity contribution in [2.75, 3.05) is 0 Å². The Hall–Kier alpha value is -2.96. The second kappa shape index (κ2) is 6.10. The molecule has 0 N–H and O–H groups in total. The minimum atomic E-state index is -0.533. The molecule has 0 aliphatic carbocycles. The molecule has 0 fully saturated rings. The predicted molar refractivity (Wildman–Crippen MR) is 60.1 cm³/mol. The van der Waals surface area contributed by atoms with Gasteiger partial charge in [-0.25, -0.2) is 0 Å². The average Bonchev–Trinajstić information content (AvgIpc) is 2.45. The molecule has 7 nitrogen and oxygen atoms in total. The van der Waals surface area contributed by atoms with Gasteiger partial charge in [-0.05, 0) is 0 Å². The van der Waals surface area contributed by atoms with Crippen molar-refractivity contribution >= 4 is 37.9 Å². The standard InChI is InChI=1S/C12H6O7/c13-1-7-8(2-14)10(4-16)12(19-6-18)11(5-17)9(7)3-15/h1-6H. The maximum Gasteiger partial charge on any atom is 0.298 e. The Bertz CT molecular complexity index is 545. The molecule has 0 radical (unpaired) electrons. The van der Waals surface area contributed by atoms with E-state index in [9.17, 15) is 28.8 Å². The number of hydrogen-bond donors (Lipinski definition) is 0. The fraction of sp³-hybridized carbons (Fsp3) is 0. The smallest absolute Gasteiger partial charge is 0.298 e. The molecule has 0 aromatic heterocycles. The second-order valence-corrected chi connectivity index (χ2v) is 3.20. The maximum absolute atomic E-state index is 10.9. The summed E-state index contributed by atoms with van der Waals surface area (Å²) in [5.41, 5.74) is -2.15. The summed E-state index contributed by atoms with van der Waals surface area (Å²) in [5.74, 6) is -0.533. The molecule has 0 aliphatic heterocycles. The lowest BCUT2D eigenvalue weighted by molar-refractivity contribution is -0.120. The molecule has 0 atom stereocenters. The molecule has 96 valence electrons. The molecule has 0 heterocycles. The minimum Gasteiger partial charge on any atom is -0.427 e. The third-order valence-electron chi connectivity index (χ3n) is 2.41. The number of benzene rings is 1. The Labute approximate surface area is 106 Å². The quantitative estimate of drug-likeness (QED) is 0.649. The van der Waals surface area contributed by atoms with Crippen LogP contribution >= 0.6 is 0 Å². The van der Waals surface area contributed by atoms with Crippen molar-refractivity contribution in [1.82, 2.24) is 0 Å². The van der Waals surface area contributed by atoms with Crippen LogP contribution in [-0.4, -0.2) is 37.9 Å². The summed E-state index contributed by atoms with van der Waals surface area (Å²) in [6.07, 6.45) is 0.784. The molecule has 0 aliphatic rings. The molecular weight excluding hydrogens is 256 g/mol. The number of hydrogen-bond acceptors (Lipinski definition) is 7. The van der Waals surface area contributed by atoms with Gasteiger partial charge in [0.2, 0.25) is 0 Å². The highest BCUT2D eigenvalue weighted by atomic mass is 16.5. The van der Waals surface area contributed by atoms with Crippen LogP contribution in [0.25, 0.3) is 0 Å². The molecule has 1 aromatic carbocycles. The summed E-state index contributed by atoms with van der Waals surface area (Å²) in [6.45, 7) is -0.0704. The Morgan fingerprint density at radius 3 is 1.11 bits per heavy atom. The first kappa shape index (κ1) is 14.1. The summed E-state index contributed by atoms with van der Waals surface area (Å²) < 4.78 is 4.46. The molecule has 0 unspecified atom stereocenters. The van der Waals surface area contributed by atoms with Crippen LogP contribution in [0, 0.1) is 0 Å². The van der Waals surface area contributed by atoms with Gasteiger partial charge in [0, 0.05) is 16.7 Å². The summed E-state index contributed by atoms with van der Waals surface area (Å²) in [6, 6.07) is 0. The van der Waals surface area contributed by atoms with Crippen molar-refractivity contribution in [2.45, 2.75) is 0 Å². The van der Waals surface area contributed by atoms with Crippen molar-refractivity contribution in [3.8, 4) is 5.75 Å². The van der Waals surface area contributed by atoms with Gasteiger partial charge in [-0.15, -0.1) is 0 Å². The molecule has 0 saturated heterocycles. The van der Waals surface area contributed by atoms with Gasteiger partial charge in [-0.1, -0.05) is 0 Å². The third kappa shape index (κ3) is 2.21. The van der Waals surface area contributed by atoms with E-state index in [1.165, 1.54) is 0 Å². The van der Waals surface area contributed by atoms with Crippen LogP contribution in [-0.2, 0) is 4.79 Å². The van der Waals surface area contributed by atoms with Gasteiger partial charge >= 0.3 is 0 Å². The van der Waals surface area contributed by atoms with Crippen LogP contribution < -0.4 is 4.74 Å². The SMILES string of the molecule is O=COc1c(C=O)c(C=O)c(C=O)c(C=O)c1C=O. The maximum atomic E-state index is 10.9. The van der Waals surface area contributed by atoms with E-state index in [0.717, 1.165) is 0 Å². The van der Waals surface area contributed by atoms with Gasteiger partial charge in [-0.3, -0.25) is 28.8 Å². The van der Waals surface area contributed by atoms with Gasteiger partial charge in [0.15, 0.2) is 37.2 Å². The molecule has 1 rings (SSSR count).